The van der Waals surface area contributed by atoms with Gasteiger partial charge in [0.15, 0.2) is 0 Å². The molecule has 0 fully saturated rings. The van der Waals surface area contributed by atoms with Gasteiger partial charge in [0.1, 0.15) is 23.6 Å². The van der Waals surface area contributed by atoms with E-state index in [1.165, 1.54) is 31.4 Å². The van der Waals surface area contributed by atoms with E-state index in [9.17, 15) is 18.0 Å². The Labute approximate surface area is 123 Å². The molecule has 2 aromatic rings. The van der Waals surface area contributed by atoms with Crippen molar-refractivity contribution in [2.75, 3.05) is 7.11 Å². The highest BCUT2D eigenvalue weighted by Gasteiger charge is 2.41. The van der Waals surface area contributed by atoms with Crippen molar-refractivity contribution in [3.05, 3.63) is 29.5 Å². The predicted octanol–water partition coefficient (Wildman–Crippen LogP) is 3.19. The summed E-state index contributed by atoms with van der Waals surface area (Å²) >= 11 is 0. The smallest absolute Gasteiger partial charge is 0.432 e. The molecule has 0 spiro atoms. The van der Waals surface area contributed by atoms with Crippen LogP contribution in [-0.4, -0.2) is 22.8 Å². The fraction of sp³-hybridized carbons (Fsp3) is 0.286. The van der Waals surface area contributed by atoms with Gasteiger partial charge >= 0.3 is 12.1 Å². The Kier molecular flexibility index (Phi) is 3.75. The molecule has 0 radical (unpaired) electrons. The minimum atomic E-state index is -4.86. The Morgan fingerprint density at radius 3 is 2.55 bits per heavy atom. The van der Waals surface area contributed by atoms with E-state index in [0.29, 0.717) is 4.57 Å². The quantitative estimate of drug-likeness (QED) is 0.944. The van der Waals surface area contributed by atoms with E-state index < -0.39 is 29.4 Å². The van der Waals surface area contributed by atoms with E-state index >= 15 is 0 Å². The molecule has 1 heterocycles. The molecule has 2 rings (SSSR count). The first-order chi connectivity index (χ1) is 10.2. The summed E-state index contributed by atoms with van der Waals surface area (Å²) in [5.41, 5.74) is -1.88. The fourth-order valence-electron chi connectivity index (χ4n) is 2.32. The molecule has 0 aliphatic carbocycles. The molecule has 0 saturated heterocycles. The Balaban J connectivity index is 2.99. The van der Waals surface area contributed by atoms with Gasteiger partial charge in [0.25, 0.3) is 0 Å². The number of rotatable bonds is 3. The van der Waals surface area contributed by atoms with Crippen molar-refractivity contribution in [2.24, 2.45) is 0 Å². The first-order valence-electron chi connectivity index (χ1n) is 6.14. The van der Waals surface area contributed by atoms with E-state index in [2.05, 4.69) is 0 Å². The highest BCUT2D eigenvalue weighted by Crippen LogP contribution is 2.40. The molecular weight excluding hydrogens is 301 g/mol. The van der Waals surface area contributed by atoms with Crippen LogP contribution < -0.4 is 4.74 Å². The molecule has 0 bridgehead atoms. The van der Waals surface area contributed by atoms with Gasteiger partial charge in [0.2, 0.25) is 0 Å². The van der Waals surface area contributed by atoms with Crippen molar-refractivity contribution < 1.29 is 27.8 Å². The molecule has 22 heavy (non-hydrogen) atoms. The molecule has 1 N–H and O–H groups in total. The van der Waals surface area contributed by atoms with Crippen LogP contribution in [0.5, 0.6) is 5.75 Å². The number of hydrogen-bond donors (Lipinski definition) is 1. The number of benzene rings is 1. The van der Waals surface area contributed by atoms with Crippen LogP contribution in [0.4, 0.5) is 13.2 Å². The summed E-state index contributed by atoms with van der Waals surface area (Å²) < 4.78 is 45.6. The van der Waals surface area contributed by atoms with E-state index in [1.54, 1.807) is 0 Å². The lowest BCUT2D eigenvalue weighted by Gasteiger charge is -2.17. The molecule has 116 valence electrons. The van der Waals surface area contributed by atoms with Gasteiger partial charge in [-0.2, -0.15) is 18.4 Å². The van der Waals surface area contributed by atoms with Crippen LogP contribution in [0.25, 0.3) is 10.9 Å². The average molecular weight is 312 g/mol. The number of carboxylic acid groups (broad SMARTS) is 1. The summed E-state index contributed by atoms with van der Waals surface area (Å²) in [4.78, 5) is 11.2. The maximum atomic E-state index is 13.3. The van der Waals surface area contributed by atoms with Crippen molar-refractivity contribution in [3.8, 4) is 11.8 Å². The average Bonchev–Trinajstić information content (AvgIpc) is 2.79. The lowest BCUT2D eigenvalue weighted by atomic mass is 10.1. The molecule has 5 nitrogen and oxygen atoms in total. The first-order valence-corrected chi connectivity index (χ1v) is 6.14. The first kappa shape index (κ1) is 15.7. The van der Waals surface area contributed by atoms with Crippen LogP contribution in [0, 0.1) is 11.3 Å². The van der Waals surface area contributed by atoms with Gasteiger partial charge in [-0.15, -0.1) is 0 Å². The number of aliphatic carboxylic acids is 1. The highest BCUT2D eigenvalue weighted by atomic mass is 19.4. The molecule has 1 unspecified atom stereocenters. The summed E-state index contributed by atoms with van der Waals surface area (Å²) in [6.07, 6.45) is -4.86. The Hall–Kier alpha value is -2.69. The van der Waals surface area contributed by atoms with Crippen LogP contribution in [-0.2, 0) is 11.0 Å². The van der Waals surface area contributed by atoms with Crippen molar-refractivity contribution in [1.29, 1.82) is 5.26 Å². The zero-order chi connectivity index (χ0) is 16.7. The summed E-state index contributed by atoms with van der Waals surface area (Å²) in [6, 6.07) is 4.04. The van der Waals surface area contributed by atoms with Crippen LogP contribution in [0.3, 0.4) is 0 Å². The summed E-state index contributed by atoms with van der Waals surface area (Å²) in [7, 11) is 1.34. The number of aromatic nitrogens is 1. The van der Waals surface area contributed by atoms with Gasteiger partial charge in [-0.05, 0) is 19.1 Å². The van der Waals surface area contributed by atoms with Crippen molar-refractivity contribution >= 4 is 16.9 Å². The third kappa shape index (κ3) is 2.35. The van der Waals surface area contributed by atoms with Crippen LogP contribution in [0.1, 0.15) is 24.2 Å². The molecular formula is C14H11F3N2O3. The molecule has 8 heteroatoms. The molecule has 0 aliphatic rings. The van der Waals surface area contributed by atoms with Crippen LogP contribution >= 0.6 is 0 Å². The summed E-state index contributed by atoms with van der Waals surface area (Å²) in [5, 5.41) is 18.2. The van der Waals surface area contributed by atoms with Crippen LogP contribution in [0.2, 0.25) is 0 Å². The van der Waals surface area contributed by atoms with Gasteiger partial charge in [0, 0.05) is 11.5 Å². The molecule has 0 amide bonds. The third-order valence-corrected chi connectivity index (χ3v) is 3.34. The zero-order valence-corrected chi connectivity index (χ0v) is 11.6. The summed E-state index contributed by atoms with van der Waals surface area (Å²) in [5.74, 6) is -1.17. The second kappa shape index (κ2) is 5.26. The monoisotopic (exact) mass is 312 g/mol. The fourth-order valence-corrected chi connectivity index (χ4v) is 2.32. The van der Waals surface area contributed by atoms with E-state index in [1.807, 2.05) is 0 Å². The maximum absolute atomic E-state index is 13.3. The minimum Gasteiger partial charge on any atom is -0.497 e. The zero-order valence-electron chi connectivity index (χ0n) is 11.6. The Bertz CT molecular complexity index is 787. The number of carbonyl (C=O) groups is 1. The molecule has 0 saturated carbocycles. The third-order valence-electron chi connectivity index (χ3n) is 3.34. The van der Waals surface area contributed by atoms with Crippen molar-refractivity contribution in [1.82, 2.24) is 4.57 Å². The standard InChI is InChI=1S/C14H11F3N2O3/c1-7(13(20)21)19-11-5-8(22-2)3-4-9(11)10(6-18)12(19)14(15,16)17/h3-5,7H,1-2H3,(H,20,21). The number of halogens is 3. The van der Waals surface area contributed by atoms with E-state index in [4.69, 9.17) is 15.1 Å². The SMILES string of the molecule is COc1ccc2c(C#N)c(C(F)(F)F)n(C(C)C(=O)O)c2c1. The molecule has 1 aromatic carbocycles. The number of hydrogen-bond acceptors (Lipinski definition) is 3. The second-order valence-electron chi connectivity index (χ2n) is 4.60. The lowest BCUT2D eigenvalue weighted by Crippen LogP contribution is -2.22. The largest absolute Gasteiger partial charge is 0.497 e. The Morgan fingerprint density at radius 2 is 2.09 bits per heavy atom. The van der Waals surface area contributed by atoms with E-state index in [-0.39, 0.29) is 16.7 Å². The van der Waals surface area contributed by atoms with Crippen molar-refractivity contribution in [2.45, 2.75) is 19.1 Å². The number of carboxylic acids is 1. The normalized spacial score (nSPS) is 12.9. The van der Waals surface area contributed by atoms with Crippen molar-refractivity contribution in [3.63, 3.8) is 0 Å². The second-order valence-corrected chi connectivity index (χ2v) is 4.60. The number of fused-ring (bicyclic) bond motifs is 1. The lowest BCUT2D eigenvalue weighted by molar-refractivity contribution is -0.148. The summed E-state index contributed by atoms with van der Waals surface area (Å²) in [6.45, 7) is 1.12. The number of methoxy groups -OCH3 is 1. The molecule has 1 atom stereocenters. The van der Waals surface area contributed by atoms with E-state index in [0.717, 1.165) is 6.92 Å². The molecule has 1 aromatic heterocycles. The Morgan fingerprint density at radius 1 is 1.45 bits per heavy atom. The van der Waals surface area contributed by atoms with Crippen LogP contribution in [0.15, 0.2) is 18.2 Å². The molecule has 0 aliphatic heterocycles. The van der Waals surface area contributed by atoms with Gasteiger partial charge < -0.3 is 14.4 Å². The number of alkyl halides is 3. The van der Waals surface area contributed by atoms with Gasteiger partial charge in [0.05, 0.1) is 18.2 Å². The predicted molar refractivity (Wildman–Crippen MR) is 70.6 cm³/mol. The van der Waals surface area contributed by atoms with Gasteiger partial charge in [-0.25, -0.2) is 4.79 Å². The number of nitriles is 1. The highest BCUT2D eigenvalue weighted by molar-refractivity contribution is 5.91. The maximum Gasteiger partial charge on any atom is 0.432 e. The topological polar surface area (TPSA) is 75.2 Å². The minimum absolute atomic E-state index is 0.0156. The number of nitrogens with zero attached hydrogens (tertiary/aromatic N) is 2. The number of ether oxygens (including phenoxy) is 1. The van der Waals surface area contributed by atoms with Gasteiger partial charge in [-0.3, -0.25) is 0 Å². The van der Waals surface area contributed by atoms with Gasteiger partial charge in [-0.1, -0.05) is 0 Å².